The van der Waals surface area contributed by atoms with Crippen LogP contribution in [-0.2, 0) is 12.4 Å². The maximum Gasteiger partial charge on any atom is 0.417 e. The van der Waals surface area contributed by atoms with Crippen LogP contribution in [0, 0.1) is 10.1 Å². The van der Waals surface area contributed by atoms with Gasteiger partial charge in [0.2, 0.25) is 0 Å². The van der Waals surface area contributed by atoms with E-state index in [0.29, 0.717) is 25.5 Å². The summed E-state index contributed by atoms with van der Waals surface area (Å²) in [4.78, 5) is 12.1. The van der Waals surface area contributed by atoms with Gasteiger partial charge in [-0.1, -0.05) is 0 Å². The summed E-state index contributed by atoms with van der Waals surface area (Å²) in [5, 5.41) is 19.3. The Bertz CT molecular complexity index is 1170. The van der Waals surface area contributed by atoms with Crippen molar-refractivity contribution in [3.05, 3.63) is 63.6 Å². The first kappa shape index (κ1) is 21.8. The molecule has 0 spiro atoms. The van der Waals surface area contributed by atoms with Crippen LogP contribution >= 0.6 is 0 Å². The topological polar surface area (TPSA) is 76.6 Å². The smallest absolute Gasteiger partial charge is 0.365 e. The van der Waals surface area contributed by atoms with Crippen molar-refractivity contribution < 1.29 is 31.3 Å². The number of nitro groups is 1. The van der Waals surface area contributed by atoms with Crippen molar-refractivity contribution in [3.63, 3.8) is 0 Å². The Kier molecular flexibility index (Phi) is 5.21. The molecule has 1 atom stereocenters. The highest BCUT2D eigenvalue weighted by molar-refractivity contribution is 5.65. The van der Waals surface area contributed by atoms with Crippen molar-refractivity contribution in [2.75, 3.05) is 18.0 Å². The minimum atomic E-state index is -4.73. The van der Waals surface area contributed by atoms with Gasteiger partial charge in [-0.05, 0) is 37.1 Å². The minimum absolute atomic E-state index is 0.0116. The number of benzene rings is 1. The average Bonchev–Trinajstić information content (AvgIpc) is 3.15. The lowest BCUT2D eigenvalue weighted by Crippen LogP contribution is -2.35. The van der Waals surface area contributed by atoms with Crippen LogP contribution in [0.5, 0.6) is 0 Å². The number of hydrogen-bond acceptors (Lipinski definition) is 5. The van der Waals surface area contributed by atoms with Crippen LogP contribution in [0.1, 0.15) is 35.7 Å². The van der Waals surface area contributed by atoms with E-state index in [2.05, 4.69) is 10.2 Å². The molecule has 0 amide bonds. The summed E-state index contributed by atoms with van der Waals surface area (Å²) < 4.78 is 79.5. The highest BCUT2D eigenvalue weighted by Crippen LogP contribution is 2.39. The fourth-order valence-electron chi connectivity index (χ4n) is 3.87. The van der Waals surface area contributed by atoms with Gasteiger partial charge < -0.3 is 4.90 Å². The molecule has 3 aromatic rings. The molecule has 1 aliphatic heterocycles. The van der Waals surface area contributed by atoms with Gasteiger partial charge in [-0.2, -0.15) is 26.3 Å². The molecule has 170 valence electrons. The van der Waals surface area contributed by atoms with Gasteiger partial charge in [0.15, 0.2) is 5.65 Å². The molecule has 7 nitrogen and oxygen atoms in total. The molecule has 0 aliphatic carbocycles. The van der Waals surface area contributed by atoms with Gasteiger partial charge in [-0.3, -0.25) is 14.5 Å². The number of hydrogen-bond donors (Lipinski definition) is 0. The Morgan fingerprint density at radius 2 is 1.69 bits per heavy atom. The molecule has 0 bridgehead atoms. The van der Waals surface area contributed by atoms with E-state index in [0.717, 1.165) is 24.4 Å². The number of aromatic nitrogens is 3. The maximum absolute atomic E-state index is 13.1. The molecule has 1 aromatic carbocycles. The second-order valence-corrected chi connectivity index (χ2v) is 7.45. The van der Waals surface area contributed by atoms with Crippen molar-refractivity contribution in [2.24, 2.45) is 0 Å². The van der Waals surface area contributed by atoms with E-state index < -0.39 is 40.0 Å². The number of nitrogens with zero attached hydrogens (tertiary/aromatic N) is 5. The monoisotopic (exact) mass is 459 g/mol. The second kappa shape index (κ2) is 7.64. The highest BCUT2D eigenvalue weighted by atomic mass is 19.4. The molecular weight excluding hydrogens is 444 g/mol. The van der Waals surface area contributed by atoms with Crippen molar-refractivity contribution in [2.45, 2.75) is 31.1 Å². The van der Waals surface area contributed by atoms with Gasteiger partial charge in [0.05, 0.1) is 16.1 Å². The molecular formula is C19H15F6N5O2. The van der Waals surface area contributed by atoms with Gasteiger partial charge in [0, 0.05) is 31.3 Å². The molecule has 0 N–H and O–H groups in total. The molecule has 2 aromatic heterocycles. The van der Waals surface area contributed by atoms with E-state index in [9.17, 15) is 36.5 Å². The number of rotatable bonds is 3. The van der Waals surface area contributed by atoms with E-state index in [1.54, 1.807) is 4.90 Å². The lowest BCUT2D eigenvalue weighted by molar-refractivity contribution is -0.384. The molecule has 0 radical (unpaired) electrons. The lowest BCUT2D eigenvalue weighted by atomic mass is 9.96. The number of alkyl halides is 6. The highest BCUT2D eigenvalue weighted by Gasteiger charge is 2.36. The van der Waals surface area contributed by atoms with Crippen LogP contribution in [0.25, 0.3) is 5.65 Å². The first-order valence-electron chi connectivity index (χ1n) is 9.47. The number of pyridine rings is 1. The Balaban J connectivity index is 1.68. The van der Waals surface area contributed by atoms with Crippen molar-refractivity contribution in [1.29, 1.82) is 0 Å². The van der Waals surface area contributed by atoms with Gasteiger partial charge in [-0.15, -0.1) is 10.2 Å². The first-order valence-corrected chi connectivity index (χ1v) is 9.47. The van der Waals surface area contributed by atoms with Crippen LogP contribution < -0.4 is 4.90 Å². The molecule has 1 aliphatic rings. The van der Waals surface area contributed by atoms with Gasteiger partial charge in [0.25, 0.3) is 5.69 Å². The van der Waals surface area contributed by atoms with Crippen molar-refractivity contribution in [1.82, 2.24) is 14.6 Å². The van der Waals surface area contributed by atoms with E-state index >= 15 is 0 Å². The molecule has 13 heteroatoms. The Labute approximate surface area is 176 Å². The third kappa shape index (κ3) is 4.06. The predicted molar refractivity (Wildman–Crippen MR) is 100 cm³/mol. The quantitative estimate of drug-likeness (QED) is 0.311. The van der Waals surface area contributed by atoms with Crippen molar-refractivity contribution in [3.8, 4) is 0 Å². The number of nitro benzene ring substituents is 1. The zero-order valence-electron chi connectivity index (χ0n) is 16.2. The molecule has 1 fully saturated rings. The van der Waals surface area contributed by atoms with Crippen molar-refractivity contribution >= 4 is 17.0 Å². The van der Waals surface area contributed by atoms with Crippen LogP contribution in [0.2, 0.25) is 0 Å². The average molecular weight is 459 g/mol. The molecule has 4 rings (SSSR count). The Hall–Kier alpha value is -3.38. The minimum Gasteiger partial charge on any atom is -0.365 e. The fourth-order valence-corrected chi connectivity index (χ4v) is 3.87. The predicted octanol–water partition coefficient (Wildman–Crippen LogP) is 5.06. The fraction of sp³-hybridized carbons (Fsp3) is 0.368. The normalized spacial score (nSPS) is 17.7. The molecule has 3 heterocycles. The Morgan fingerprint density at radius 1 is 1.00 bits per heavy atom. The van der Waals surface area contributed by atoms with E-state index in [4.69, 9.17) is 0 Å². The molecule has 1 saturated heterocycles. The lowest BCUT2D eigenvalue weighted by Gasteiger charge is -2.33. The van der Waals surface area contributed by atoms with E-state index in [1.807, 2.05) is 0 Å². The molecule has 32 heavy (non-hydrogen) atoms. The first-order chi connectivity index (χ1) is 14.9. The number of piperidine rings is 1. The summed E-state index contributed by atoms with van der Waals surface area (Å²) in [6, 6.07) is 4.40. The standard InChI is InChI=1S/C19H15F6N5O2/c20-18(21,22)12-3-5-14(15(8-12)30(31)32)28-7-1-2-11(9-28)17-27-26-16-6-4-13(10-29(16)17)19(23,24)25/h3-6,8,10-11H,1-2,7,9H2/t11-/m1/s1. The van der Waals surface area contributed by atoms with Gasteiger partial charge in [0.1, 0.15) is 11.5 Å². The van der Waals surface area contributed by atoms with Crippen LogP contribution in [0.4, 0.5) is 37.7 Å². The maximum atomic E-state index is 13.1. The zero-order chi connectivity index (χ0) is 23.3. The summed E-state index contributed by atoms with van der Waals surface area (Å²) in [7, 11) is 0. The van der Waals surface area contributed by atoms with Crippen LogP contribution in [0.15, 0.2) is 36.5 Å². The third-order valence-corrected chi connectivity index (χ3v) is 5.38. The summed E-state index contributed by atoms with van der Waals surface area (Å²) >= 11 is 0. The Morgan fingerprint density at radius 3 is 2.34 bits per heavy atom. The summed E-state index contributed by atoms with van der Waals surface area (Å²) in [5.41, 5.74) is -2.48. The van der Waals surface area contributed by atoms with Gasteiger partial charge >= 0.3 is 12.4 Å². The largest absolute Gasteiger partial charge is 0.417 e. The third-order valence-electron chi connectivity index (χ3n) is 5.38. The van der Waals surface area contributed by atoms with E-state index in [-0.39, 0.29) is 23.7 Å². The van der Waals surface area contributed by atoms with Crippen LogP contribution in [-0.4, -0.2) is 32.6 Å². The van der Waals surface area contributed by atoms with Gasteiger partial charge in [-0.25, -0.2) is 0 Å². The number of fused-ring (bicyclic) bond motifs is 1. The second-order valence-electron chi connectivity index (χ2n) is 7.45. The summed E-state index contributed by atoms with van der Waals surface area (Å²) in [6.07, 6.45) is -7.36. The zero-order valence-corrected chi connectivity index (χ0v) is 16.2. The number of halogens is 6. The van der Waals surface area contributed by atoms with Crippen LogP contribution in [0.3, 0.4) is 0 Å². The summed E-state index contributed by atoms with van der Waals surface area (Å²) in [5.74, 6) is -0.172. The number of anilines is 1. The summed E-state index contributed by atoms with van der Waals surface area (Å²) in [6.45, 7) is 0.469. The molecule has 0 saturated carbocycles. The van der Waals surface area contributed by atoms with E-state index in [1.165, 1.54) is 10.5 Å². The molecule has 0 unspecified atom stereocenters. The SMILES string of the molecule is O=[N+]([O-])c1cc(C(F)(F)F)ccc1N1CCC[C@@H](c2nnc3ccc(C(F)(F)F)cn23)C1.